The summed E-state index contributed by atoms with van der Waals surface area (Å²) in [5, 5.41) is 23.5. The molecular weight excluding hydrogens is 318 g/mol. The van der Waals surface area contributed by atoms with E-state index in [-0.39, 0.29) is 12.5 Å². The first-order chi connectivity index (χ1) is 11.9. The molecule has 1 amide bonds. The molecule has 0 unspecified atom stereocenters. The first-order valence-corrected chi connectivity index (χ1v) is 7.98. The minimum absolute atomic E-state index is 0.0725. The van der Waals surface area contributed by atoms with Crippen LogP contribution in [0.25, 0.3) is 11.3 Å². The molecule has 3 rings (SSSR count). The number of amides is 1. The minimum atomic E-state index is -0.281. The monoisotopic (exact) mass is 339 g/mol. The predicted molar refractivity (Wildman–Crippen MR) is 95.3 cm³/mol. The van der Waals surface area contributed by atoms with E-state index >= 15 is 0 Å². The highest BCUT2D eigenvalue weighted by molar-refractivity contribution is 6.04. The highest BCUT2D eigenvalue weighted by atomic mass is 16.3. The van der Waals surface area contributed by atoms with Gasteiger partial charge < -0.3 is 10.4 Å². The Bertz CT molecular complexity index is 939. The van der Waals surface area contributed by atoms with Gasteiger partial charge in [-0.2, -0.15) is 10.2 Å². The molecule has 130 valence electrons. The number of aromatic nitrogens is 4. The Morgan fingerprint density at radius 3 is 2.68 bits per heavy atom. The topological polar surface area (TPSA) is 95.8 Å². The van der Waals surface area contributed by atoms with Crippen LogP contribution in [0.2, 0.25) is 0 Å². The lowest BCUT2D eigenvalue weighted by molar-refractivity contribution is 0.102. The second kappa shape index (κ2) is 6.52. The van der Waals surface area contributed by atoms with Gasteiger partial charge in [0.05, 0.1) is 18.0 Å². The van der Waals surface area contributed by atoms with Crippen molar-refractivity contribution in [2.45, 2.75) is 27.4 Å². The zero-order valence-corrected chi connectivity index (χ0v) is 14.7. The number of aliphatic hydroxyl groups is 1. The minimum Gasteiger partial charge on any atom is -0.392 e. The van der Waals surface area contributed by atoms with Crippen molar-refractivity contribution in [3.05, 3.63) is 52.5 Å². The van der Waals surface area contributed by atoms with Crippen molar-refractivity contribution < 1.29 is 9.90 Å². The van der Waals surface area contributed by atoms with E-state index in [1.165, 1.54) is 0 Å². The number of nitrogens with one attached hydrogen (secondary N) is 2. The molecule has 25 heavy (non-hydrogen) atoms. The number of aliphatic hydroxyl groups excluding tert-OH is 1. The number of aromatic amines is 1. The lowest BCUT2D eigenvalue weighted by Gasteiger charge is -2.08. The van der Waals surface area contributed by atoms with Gasteiger partial charge in [-0.1, -0.05) is 12.1 Å². The maximum absolute atomic E-state index is 12.5. The molecule has 2 aromatic heterocycles. The van der Waals surface area contributed by atoms with E-state index in [1.807, 2.05) is 40.0 Å². The highest BCUT2D eigenvalue weighted by Crippen LogP contribution is 2.25. The molecule has 2 heterocycles. The van der Waals surface area contributed by atoms with Crippen LogP contribution in [0.15, 0.2) is 24.3 Å². The van der Waals surface area contributed by atoms with E-state index in [9.17, 15) is 9.90 Å². The van der Waals surface area contributed by atoms with Crippen molar-refractivity contribution in [3.63, 3.8) is 0 Å². The quantitative estimate of drug-likeness (QED) is 0.680. The van der Waals surface area contributed by atoms with Gasteiger partial charge in [-0.25, -0.2) is 0 Å². The maximum atomic E-state index is 12.5. The second-order valence-corrected chi connectivity index (χ2v) is 6.10. The number of rotatable bonds is 4. The van der Waals surface area contributed by atoms with Gasteiger partial charge in [-0.05, 0) is 44.0 Å². The van der Waals surface area contributed by atoms with Crippen LogP contribution in [0, 0.1) is 20.8 Å². The molecule has 3 N–H and O–H groups in total. The van der Waals surface area contributed by atoms with Crippen LogP contribution in [0.5, 0.6) is 0 Å². The van der Waals surface area contributed by atoms with Gasteiger partial charge in [0.25, 0.3) is 5.91 Å². The molecule has 7 nitrogen and oxygen atoms in total. The molecular formula is C18H21N5O2. The molecule has 0 spiro atoms. The fraction of sp³-hybridized carbons (Fsp3) is 0.278. The number of H-pyrrole nitrogens is 1. The fourth-order valence-corrected chi connectivity index (χ4v) is 2.80. The largest absolute Gasteiger partial charge is 0.392 e. The number of anilines is 1. The Kier molecular flexibility index (Phi) is 4.41. The second-order valence-electron chi connectivity index (χ2n) is 6.10. The van der Waals surface area contributed by atoms with Crippen molar-refractivity contribution in [3.8, 4) is 11.3 Å². The van der Waals surface area contributed by atoms with Crippen LogP contribution < -0.4 is 5.32 Å². The number of aryl methyl sites for hydroxylation is 3. The summed E-state index contributed by atoms with van der Waals surface area (Å²) < 4.78 is 1.79. The lowest BCUT2D eigenvalue weighted by atomic mass is 10.1. The van der Waals surface area contributed by atoms with Crippen molar-refractivity contribution in [1.82, 2.24) is 20.0 Å². The molecule has 0 aliphatic rings. The SMILES string of the molecule is Cc1ccc(CO)cc1NC(=O)c1cc(-c2c(C)nn(C)c2C)n[nH]1. The van der Waals surface area contributed by atoms with Gasteiger partial charge in [0, 0.05) is 24.0 Å². The van der Waals surface area contributed by atoms with Crippen molar-refractivity contribution in [2.24, 2.45) is 7.05 Å². The zero-order chi connectivity index (χ0) is 18.1. The molecule has 0 saturated heterocycles. The fourth-order valence-electron chi connectivity index (χ4n) is 2.80. The standard InChI is InChI=1S/C18H21N5O2/c1-10-5-6-13(9-24)7-14(10)19-18(25)16-8-15(20-21-16)17-11(2)22-23(4)12(17)3/h5-8,24H,9H2,1-4H3,(H,19,25)(H,20,21). The van der Waals surface area contributed by atoms with E-state index in [0.717, 1.165) is 28.1 Å². The number of benzene rings is 1. The summed E-state index contributed by atoms with van der Waals surface area (Å²) in [5.41, 5.74) is 6.17. The lowest BCUT2D eigenvalue weighted by Crippen LogP contribution is -2.13. The Labute approximate surface area is 145 Å². The summed E-state index contributed by atoms with van der Waals surface area (Å²) in [6, 6.07) is 7.17. The summed E-state index contributed by atoms with van der Waals surface area (Å²) in [6.07, 6.45) is 0. The molecule has 0 radical (unpaired) electrons. The van der Waals surface area contributed by atoms with E-state index in [0.29, 0.717) is 17.1 Å². The van der Waals surface area contributed by atoms with E-state index in [2.05, 4.69) is 20.6 Å². The third-order valence-electron chi connectivity index (χ3n) is 4.32. The average molecular weight is 339 g/mol. The van der Waals surface area contributed by atoms with Gasteiger partial charge in [0.1, 0.15) is 5.69 Å². The van der Waals surface area contributed by atoms with E-state index in [1.54, 1.807) is 16.8 Å². The molecule has 7 heteroatoms. The first kappa shape index (κ1) is 16.9. The van der Waals surface area contributed by atoms with Crippen molar-refractivity contribution in [1.29, 1.82) is 0 Å². The first-order valence-electron chi connectivity index (χ1n) is 7.98. The predicted octanol–water partition coefficient (Wildman–Crippen LogP) is 2.48. The van der Waals surface area contributed by atoms with Crippen LogP contribution in [-0.4, -0.2) is 31.0 Å². The normalized spacial score (nSPS) is 10.9. The molecule has 0 aliphatic carbocycles. The van der Waals surface area contributed by atoms with Crippen LogP contribution >= 0.6 is 0 Å². The smallest absolute Gasteiger partial charge is 0.273 e. The summed E-state index contributed by atoms with van der Waals surface area (Å²) in [4.78, 5) is 12.5. The molecule has 0 fully saturated rings. The van der Waals surface area contributed by atoms with Gasteiger partial charge >= 0.3 is 0 Å². The molecule has 1 aromatic carbocycles. The third-order valence-corrected chi connectivity index (χ3v) is 4.32. The molecule has 0 saturated carbocycles. The Hall–Kier alpha value is -2.93. The van der Waals surface area contributed by atoms with Gasteiger partial charge in [0.15, 0.2) is 0 Å². The number of nitrogens with zero attached hydrogens (tertiary/aromatic N) is 3. The van der Waals surface area contributed by atoms with E-state index in [4.69, 9.17) is 0 Å². The molecule has 0 bridgehead atoms. The Balaban J connectivity index is 1.86. The van der Waals surface area contributed by atoms with Gasteiger partial charge in [-0.15, -0.1) is 0 Å². The summed E-state index contributed by atoms with van der Waals surface area (Å²) in [7, 11) is 1.88. The summed E-state index contributed by atoms with van der Waals surface area (Å²) in [6.45, 7) is 5.71. The number of carbonyl (C=O) groups excluding carboxylic acids is 1. The van der Waals surface area contributed by atoms with Crippen LogP contribution in [0.1, 0.15) is 33.0 Å². The van der Waals surface area contributed by atoms with Crippen LogP contribution in [-0.2, 0) is 13.7 Å². The van der Waals surface area contributed by atoms with Crippen LogP contribution in [0.4, 0.5) is 5.69 Å². The van der Waals surface area contributed by atoms with Crippen molar-refractivity contribution in [2.75, 3.05) is 5.32 Å². The van der Waals surface area contributed by atoms with Gasteiger partial charge in [-0.3, -0.25) is 14.6 Å². The van der Waals surface area contributed by atoms with Crippen molar-refractivity contribution >= 4 is 11.6 Å². The summed E-state index contributed by atoms with van der Waals surface area (Å²) >= 11 is 0. The maximum Gasteiger partial charge on any atom is 0.273 e. The molecule has 0 atom stereocenters. The van der Waals surface area contributed by atoms with Gasteiger partial charge in [0.2, 0.25) is 0 Å². The molecule has 3 aromatic rings. The average Bonchev–Trinajstić information content (AvgIpc) is 3.15. The van der Waals surface area contributed by atoms with Crippen LogP contribution in [0.3, 0.4) is 0 Å². The Morgan fingerprint density at radius 1 is 1.28 bits per heavy atom. The number of hydrogen-bond acceptors (Lipinski definition) is 4. The highest BCUT2D eigenvalue weighted by Gasteiger charge is 2.17. The Morgan fingerprint density at radius 2 is 2.04 bits per heavy atom. The molecule has 0 aliphatic heterocycles. The number of carbonyl (C=O) groups is 1. The van der Waals surface area contributed by atoms with E-state index < -0.39 is 0 Å². The number of hydrogen-bond donors (Lipinski definition) is 3. The summed E-state index contributed by atoms with van der Waals surface area (Å²) in [5.74, 6) is -0.281. The zero-order valence-electron chi connectivity index (χ0n) is 14.7. The third kappa shape index (κ3) is 3.18.